The molecule has 0 bridgehead atoms. The normalized spacial score (nSPS) is 10.6. The van der Waals surface area contributed by atoms with Gasteiger partial charge in [0.1, 0.15) is 5.69 Å². The molecule has 0 atom stereocenters. The van der Waals surface area contributed by atoms with Gasteiger partial charge in [-0.3, -0.25) is 9.89 Å². The fraction of sp³-hybridized carbons (Fsp3) is 0.158. The molecule has 4 heteroatoms. The van der Waals surface area contributed by atoms with Crippen LogP contribution in [0, 0.1) is 20.8 Å². The average molecular weight is 305 g/mol. The van der Waals surface area contributed by atoms with E-state index >= 15 is 0 Å². The highest BCUT2D eigenvalue weighted by Crippen LogP contribution is 2.19. The van der Waals surface area contributed by atoms with E-state index in [1.165, 1.54) is 5.56 Å². The topological polar surface area (TPSA) is 57.8 Å². The number of H-pyrrole nitrogens is 1. The Bertz CT molecular complexity index is 827. The number of anilines is 1. The van der Waals surface area contributed by atoms with Crippen LogP contribution in [0.3, 0.4) is 0 Å². The maximum Gasteiger partial charge on any atom is 0.273 e. The summed E-state index contributed by atoms with van der Waals surface area (Å²) in [5, 5.41) is 9.94. The number of rotatable bonds is 3. The van der Waals surface area contributed by atoms with Gasteiger partial charge in [0.2, 0.25) is 0 Å². The molecule has 116 valence electrons. The minimum absolute atomic E-state index is 0.194. The highest BCUT2D eigenvalue weighted by Gasteiger charge is 2.11. The summed E-state index contributed by atoms with van der Waals surface area (Å²) in [7, 11) is 0. The number of aryl methyl sites for hydroxylation is 3. The van der Waals surface area contributed by atoms with Gasteiger partial charge < -0.3 is 5.32 Å². The average Bonchev–Trinajstić information content (AvgIpc) is 2.97. The van der Waals surface area contributed by atoms with E-state index in [2.05, 4.69) is 21.6 Å². The summed E-state index contributed by atoms with van der Waals surface area (Å²) in [5.74, 6) is -0.194. The van der Waals surface area contributed by atoms with Crippen LogP contribution in [0.4, 0.5) is 5.69 Å². The van der Waals surface area contributed by atoms with E-state index in [0.717, 1.165) is 28.1 Å². The monoisotopic (exact) mass is 305 g/mol. The molecule has 0 radical (unpaired) electrons. The van der Waals surface area contributed by atoms with Crippen LogP contribution < -0.4 is 5.32 Å². The Hall–Kier alpha value is -2.88. The predicted molar refractivity (Wildman–Crippen MR) is 92.6 cm³/mol. The Morgan fingerprint density at radius 3 is 2.22 bits per heavy atom. The molecule has 0 fully saturated rings. The summed E-state index contributed by atoms with van der Waals surface area (Å²) in [6, 6.07) is 15.8. The molecule has 0 aliphatic rings. The maximum absolute atomic E-state index is 12.4. The fourth-order valence-electron chi connectivity index (χ4n) is 2.56. The second-order valence-corrected chi connectivity index (χ2v) is 5.86. The van der Waals surface area contributed by atoms with Crippen LogP contribution in [0.25, 0.3) is 11.3 Å². The quantitative estimate of drug-likeness (QED) is 0.760. The van der Waals surface area contributed by atoms with Crippen molar-refractivity contribution in [2.75, 3.05) is 5.32 Å². The molecular formula is C19H19N3O. The first-order chi connectivity index (χ1) is 11.0. The smallest absolute Gasteiger partial charge is 0.273 e. The van der Waals surface area contributed by atoms with E-state index in [0.29, 0.717) is 5.69 Å². The van der Waals surface area contributed by atoms with E-state index in [1.807, 2.05) is 57.2 Å². The molecule has 2 aromatic carbocycles. The van der Waals surface area contributed by atoms with Crippen LogP contribution in [0.15, 0.2) is 48.5 Å². The third-order valence-electron chi connectivity index (χ3n) is 3.65. The summed E-state index contributed by atoms with van der Waals surface area (Å²) >= 11 is 0. The first-order valence-electron chi connectivity index (χ1n) is 7.53. The lowest BCUT2D eigenvalue weighted by atomic mass is 10.1. The van der Waals surface area contributed by atoms with Gasteiger partial charge in [-0.15, -0.1) is 0 Å². The number of hydrogen-bond donors (Lipinski definition) is 2. The van der Waals surface area contributed by atoms with Crippen molar-refractivity contribution >= 4 is 11.6 Å². The number of hydrogen-bond acceptors (Lipinski definition) is 2. The molecule has 1 heterocycles. The van der Waals surface area contributed by atoms with Gasteiger partial charge in [-0.1, -0.05) is 35.9 Å². The highest BCUT2D eigenvalue weighted by atomic mass is 16.1. The second-order valence-electron chi connectivity index (χ2n) is 5.86. The van der Waals surface area contributed by atoms with Crippen LogP contribution in [-0.2, 0) is 0 Å². The molecule has 0 spiro atoms. The van der Waals surface area contributed by atoms with Gasteiger partial charge in [0, 0.05) is 11.3 Å². The molecule has 3 rings (SSSR count). The summed E-state index contributed by atoms with van der Waals surface area (Å²) in [6.07, 6.45) is 0. The van der Waals surface area contributed by atoms with Crippen LogP contribution in [0.5, 0.6) is 0 Å². The number of benzene rings is 2. The molecule has 23 heavy (non-hydrogen) atoms. The molecule has 2 N–H and O–H groups in total. The number of aromatic amines is 1. The predicted octanol–water partition coefficient (Wildman–Crippen LogP) is 4.25. The Kier molecular flexibility index (Phi) is 3.98. The Balaban J connectivity index is 1.79. The van der Waals surface area contributed by atoms with Gasteiger partial charge in [0.15, 0.2) is 0 Å². The van der Waals surface area contributed by atoms with Gasteiger partial charge in [-0.2, -0.15) is 5.10 Å². The van der Waals surface area contributed by atoms with Crippen LogP contribution in [0.1, 0.15) is 27.2 Å². The Labute approximate surface area is 135 Å². The zero-order chi connectivity index (χ0) is 16.4. The maximum atomic E-state index is 12.4. The molecule has 4 nitrogen and oxygen atoms in total. The van der Waals surface area contributed by atoms with Crippen molar-refractivity contribution in [1.82, 2.24) is 10.2 Å². The van der Waals surface area contributed by atoms with Gasteiger partial charge in [0.05, 0.1) is 5.69 Å². The third kappa shape index (κ3) is 3.48. The van der Waals surface area contributed by atoms with Crippen molar-refractivity contribution in [2.45, 2.75) is 20.8 Å². The molecule has 3 aromatic rings. The molecule has 1 amide bonds. The fourth-order valence-corrected chi connectivity index (χ4v) is 2.56. The van der Waals surface area contributed by atoms with Crippen molar-refractivity contribution in [2.24, 2.45) is 0 Å². The first kappa shape index (κ1) is 15.0. The SMILES string of the molecule is Cc1ccc(-c2cc(C(=O)Nc3cc(C)cc(C)c3)[nH]n2)cc1. The summed E-state index contributed by atoms with van der Waals surface area (Å²) in [5.41, 5.74) is 6.40. The minimum atomic E-state index is -0.194. The molecule has 0 aliphatic carbocycles. The molecule has 0 unspecified atom stereocenters. The lowest BCUT2D eigenvalue weighted by molar-refractivity contribution is 0.102. The summed E-state index contributed by atoms with van der Waals surface area (Å²) in [6.45, 7) is 6.06. The number of nitrogens with zero attached hydrogens (tertiary/aromatic N) is 1. The minimum Gasteiger partial charge on any atom is -0.321 e. The van der Waals surface area contributed by atoms with Crippen molar-refractivity contribution in [3.05, 3.63) is 70.9 Å². The lowest BCUT2D eigenvalue weighted by Crippen LogP contribution is -2.12. The first-order valence-corrected chi connectivity index (χ1v) is 7.53. The zero-order valence-electron chi connectivity index (χ0n) is 13.5. The standard InChI is InChI=1S/C19H19N3O/c1-12-4-6-15(7-5-12)17-11-18(22-21-17)19(23)20-16-9-13(2)8-14(3)10-16/h4-11H,1-3H3,(H,20,23)(H,21,22). The Morgan fingerprint density at radius 2 is 1.57 bits per heavy atom. The van der Waals surface area contributed by atoms with E-state index < -0.39 is 0 Å². The molecular weight excluding hydrogens is 286 g/mol. The lowest BCUT2D eigenvalue weighted by Gasteiger charge is -2.06. The number of nitrogens with one attached hydrogen (secondary N) is 2. The van der Waals surface area contributed by atoms with Gasteiger partial charge in [-0.25, -0.2) is 0 Å². The van der Waals surface area contributed by atoms with Gasteiger partial charge in [0.25, 0.3) is 5.91 Å². The number of carbonyl (C=O) groups excluding carboxylic acids is 1. The third-order valence-corrected chi connectivity index (χ3v) is 3.65. The molecule has 0 saturated heterocycles. The largest absolute Gasteiger partial charge is 0.321 e. The molecule has 0 saturated carbocycles. The zero-order valence-corrected chi connectivity index (χ0v) is 13.5. The van der Waals surface area contributed by atoms with E-state index in [9.17, 15) is 4.79 Å². The van der Waals surface area contributed by atoms with Crippen molar-refractivity contribution in [3.8, 4) is 11.3 Å². The van der Waals surface area contributed by atoms with Crippen molar-refractivity contribution < 1.29 is 4.79 Å². The summed E-state index contributed by atoms with van der Waals surface area (Å²) < 4.78 is 0. The number of aromatic nitrogens is 2. The van der Waals surface area contributed by atoms with Crippen LogP contribution in [-0.4, -0.2) is 16.1 Å². The number of amides is 1. The van der Waals surface area contributed by atoms with E-state index in [1.54, 1.807) is 6.07 Å². The number of carbonyl (C=O) groups is 1. The van der Waals surface area contributed by atoms with Crippen LogP contribution in [0.2, 0.25) is 0 Å². The van der Waals surface area contributed by atoms with Crippen molar-refractivity contribution in [3.63, 3.8) is 0 Å². The van der Waals surface area contributed by atoms with Gasteiger partial charge in [-0.05, 0) is 50.1 Å². The van der Waals surface area contributed by atoms with Gasteiger partial charge >= 0.3 is 0 Å². The molecule has 0 aliphatic heterocycles. The van der Waals surface area contributed by atoms with E-state index in [4.69, 9.17) is 0 Å². The van der Waals surface area contributed by atoms with Crippen LogP contribution >= 0.6 is 0 Å². The van der Waals surface area contributed by atoms with Crippen molar-refractivity contribution in [1.29, 1.82) is 0 Å². The summed E-state index contributed by atoms with van der Waals surface area (Å²) in [4.78, 5) is 12.4. The Morgan fingerprint density at radius 1 is 0.913 bits per heavy atom. The van der Waals surface area contributed by atoms with E-state index in [-0.39, 0.29) is 5.91 Å². The highest BCUT2D eigenvalue weighted by molar-refractivity contribution is 6.03. The second kappa shape index (κ2) is 6.08. The molecule has 1 aromatic heterocycles.